The summed E-state index contributed by atoms with van der Waals surface area (Å²) in [7, 11) is -5.68. The second-order valence-electron chi connectivity index (χ2n) is 7.98. The summed E-state index contributed by atoms with van der Waals surface area (Å²) in [4.78, 5) is 7.46. The van der Waals surface area contributed by atoms with Crippen molar-refractivity contribution in [3.8, 4) is 5.75 Å². The first-order valence-corrected chi connectivity index (χ1v) is 12.3. The molecule has 11 heteroatoms. The van der Waals surface area contributed by atoms with Gasteiger partial charge in [0, 0.05) is 25.3 Å². The fourth-order valence-electron chi connectivity index (χ4n) is 3.53. The molecule has 3 rings (SSSR count). The zero-order chi connectivity index (χ0) is 24.6. The zero-order valence-corrected chi connectivity index (χ0v) is 19.4. The van der Waals surface area contributed by atoms with Crippen LogP contribution in [0.5, 0.6) is 5.75 Å². The summed E-state index contributed by atoms with van der Waals surface area (Å²) < 4.78 is 64.4. The number of hydrogen-bond donors (Lipinski definition) is 2. The van der Waals surface area contributed by atoms with Gasteiger partial charge in [0.2, 0.25) is 0 Å². The van der Waals surface area contributed by atoms with Gasteiger partial charge in [-0.1, -0.05) is 18.2 Å². The first kappa shape index (κ1) is 25.9. The maximum absolute atomic E-state index is 12.5. The number of nitrogens with one attached hydrogen (secondary N) is 1. The first-order chi connectivity index (χ1) is 16.1. The van der Waals surface area contributed by atoms with Gasteiger partial charge in [0.05, 0.1) is 0 Å². The van der Waals surface area contributed by atoms with Gasteiger partial charge < -0.3 is 14.8 Å². The third-order valence-corrected chi connectivity index (χ3v) is 6.32. The first-order valence-electron chi connectivity index (χ1n) is 10.9. The van der Waals surface area contributed by atoms with Gasteiger partial charge in [-0.2, -0.15) is 27.1 Å². The van der Waals surface area contributed by atoms with Crippen LogP contribution in [0.15, 0.2) is 54.8 Å². The van der Waals surface area contributed by atoms with Crippen molar-refractivity contribution in [3.63, 3.8) is 0 Å². The molecule has 1 heterocycles. The average molecular weight is 500 g/mol. The standard InChI is InChI=1S/C23H28F3N3O4S/c24-23(25,26)34(30,31)33-22-10-7-19-11-14-29(17-20(19)16-22)13-2-1-12-28-32-15-3-4-18-5-8-21(27)9-6-18/h3,5-10,15-16,28H,1-2,4,11-14,17,27H2/b15-3+. The lowest BCUT2D eigenvalue weighted by Crippen LogP contribution is -2.32. The SMILES string of the molecule is Nc1ccc(C/C=C/ONCCCCN2CCc3ccc(OS(=O)(=O)C(F)(F)F)cc3C2)cc1. The van der Waals surface area contributed by atoms with Gasteiger partial charge in [-0.3, -0.25) is 4.90 Å². The van der Waals surface area contributed by atoms with Crippen molar-refractivity contribution in [2.75, 3.05) is 25.4 Å². The van der Waals surface area contributed by atoms with E-state index in [1.165, 1.54) is 12.1 Å². The monoisotopic (exact) mass is 499 g/mol. The highest BCUT2D eigenvalue weighted by atomic mass is 32.2. The Morgan fingerprint density at radius 1 is 1.09 bits per heavy atom. The van der Waals surface area contributed by atoms with Crippen LogP contribution >= 0.6 is 0 Å². The highest BCUT2D eigenvalue weighted by molar-refractivity contribution is 7.88. The van der Waals surface area contributed by atoms with Crippen LogP contribution in [0.1, 0.15) is 29.5 Å². The van der Waals surface area contributed by atoms with Gasteiger partial charge in [0.1, 0.15) is 12.0 Å². The summed E-state index contributed by atoms with van der Waals surface area (Å²) >= 11 is 0. The summed E-state index contributed by atoms with van der Waals surface area (Å²) in [6.07, 6.45) is 6.77. The number of unbranched alkanes of at least 4 members (excludes halogenated alkanes) is 1. The van der Waals surface area contributed by atoms with Gasteiger partial charge in [-0.15, -0.1) is 0 Å². The molecule has 0 bridgehead atoms. The van der Waals surface area contributed by atoms with Crippen molar-refractivity contribution in [1.82, 2.24) is 10.4 Å². The molecule has 0 radical (unpaired) electrons. The summed E-state index contributed by atoms with van der Waals surface area (Å²) in [6.45, 7) is 2.83. The number of hydroxylamine groups is 1. The number of fused-ring (bicyclic) bond motifs is 1. The molecule has 2 aromatic carbocycles. The molecule has 0 aromatic heterocycles. The van der Waals surface area contributed by atoms with E-state index in [1.807, 2.05) is 30.3 Å². The molecule has 0 saturated heterocycles. The quantitative estimate of drug-likeness (QED) is 0.121. The average Bonchev–Trinajstić information content (AvgIpc) is 2.78. The van der Waals surface area contributed by atoms with Crippen LogP contribution in [0.25, 0.3) is 0 Å². The number of hydrogen-bond acceptors (Lipinski definition) is 7. The van der Waals surface area contributed by atoms with Crippen molar-refractivity contribution in [1.29, 1.82) is 0 Å². The second-order valence-corrected chi connectivity index (χ2v) is 9.51. The van der Waals surface area contributed by atoms with Gasteiger partial charge in [-0.05, 0) is 79.3 Å². The molecular weight excluding hydrogens is 471 g/mol. The van der Waals surface area contributed by atoms with E-state index in [4.69, 9.17) is 10.6 Å². The highest BCUT2D eigenvalue weighted by Crippen LogP contribution is 2.29. The predicted octanol–water partition coefficient (Wildman–Crippen LogP) is 3.91. The number of nitrogens with zero attached hydrogens (tertiary/aromatic N) is 1. The smallest absolute Gasteiger partial charge is 0.417 e. The Morgan fingerprint density at radius 3 is 2.59 bits per heavy atom. The molecule has 0 amide bonds. The summed E-state index contributed by atoms with van der Waals surface area (Å²) in [5, 5.41) is 0. The molecule has 186 valence electrons. The molecule has 2 aromatic rings. The fraction of sp³-hybridized carbons (Fsp3) is 0.391. The van der Waals surface area contributed by atoms with Crippen LogP contribution in [-0.2, 0) is 34.3 Å². The molecule has 34 heavy (non-hydrogen) atoms. The maximum Gasteiger partial charge on any atom is 0.534 e. The second kappa shape index (κ2) is 11.6. The van der Waals surface area contributed by atoms with Crippen LogP contribution in [0.2, 0.25) is 0 Å². The van der Waals surface area contributed by atoms with E-state index in [0.717, 1.165) is 61.2 Å². The Morgan fingerprint density at radius 2 is 1.85 bits per heavy atom. The Balaban J connectivity index is 1.34. The molecule has 0 atom stereocenters. The molecule has 3 N–H and O–H groups in total. The number of alkyl halides is 3. The number of nitrogen functional groups attached to an aromatic ring is 1. The minimum absolute atomic E-state index is 0.330. The molecule has 0 saturated carbocycles. The minimum atomic E-state index is -5.68. The van der Waals surface area contributed by atoms with Crippen LogP contribution in [-0.4, -0.2) is 38.5 Å². The number of halogens is 3. The molecular formula is C23H28F3N3O4S. The lowest BCUT2D eigenvalue weighted by atomic mass is 9.99. The number of anilines is 1. The predicted molar refractivity (Wildman–Crippen MR) is 123 cm³/mol. The van der Waals surface area contributed by atoms with E-state index in [1.54, 1.807) is 12.3 Å². The third-order valence-electron chi connectivity index (χ3n) is 5.34. The number of nitrogens with two attached hydrogens (primary N) is 1. The topological polar surface area (TPSA) is 93.9 Å². The molecule has 7 nitrogen and oxygen atoms in total. The van der Waals surface area contributed by atoms with Crippen LogP contribution < -0.4 is 15.4 Å². The summed E-state index contributed by atoms with van der Waals surface area (Å²) in [5.41, 5.74) is 6.70. The van der Waals surface area contributed by atoms with E-state index >= 15 is 0 Å². The number of allylic oxidation sites excluding steroid dienone is 1. The van der Waals surface area contributed by atoms with E-state index in [-0.39, 0.29) is 5.75 Å². The van der Waals surface area contributed by atoms with E-state index < -0.39 is 15.6 Å². The van der Waals surface area contributed by atoms with E-state index in [9.17, 15) is 21.6 Å². The lowest BCUT2D eigenvalue weighted by Gasteiger charge is -2.29. The number of rotatable bonds is 11. The Kier molecular flexibility index (Phi) is 8.81. The van der Waals surface area contributed by atoms with Gasteiger partial charge in [0.15, 0.2) is 0 Å². The van der Waals surface area contributed by atoms with Gasteiger partial charge >= 0.3 is 15.6 Å². The molecule has 0 unspecified atom stereocenters. The van der Waals surface area contributed by atoms with Crippen molar-refractivity contribution < 1.29 is 30.6 Å². The fourth-order valence-corrected chi connectivity index (χ4v) is 3.99. The third kappa shape index (κ3) is 7.64. The van der Waals surface area contributed by atoms with Crippen LogP contribution in [0.3, 0.4) is 0 Å². The molecule has 1 aliphatic rings. The Labute approximate surface area is 197 Å². The molecule has 0 spiro atoms. The van der Waals surface area contributed by atoms with E-state index in [0.29, 0.717) is 13.1 Å². The molecule has 0 fully saturated rings. The normalized spacial score (nSPS) is 14.8. The van der Waals surface area contributed by atoms with Gasteiger partial charge in [0.25, 0.3) is 0 Å². The van der Waals surface area contributed by atoms with Crippen molar-refractivity contribution in [3.05, 3.63) is 71.5 Å². The zero-order valence-electron chi connectivity index (χ0n) is 18.6. The van der Waals surface area contributed by atoms with Gasteiger partial charge in [-0.25, -0.2) is 0 Å². The summed E-state index contributed by atoms with van der Waals surface area (Å²) in [5.74, 6) is -0.330. The van der Waals surface area contributed by atoms with Crippen molar-refractivity contribution >= 4 is 15.8 Å². The van der Waals surface area contributed by atoms with Crippen molar-refractivity contribution in [2.45, 2.75) is 37.7 Å². The minimum Gasteiger partial charge on any atom is -0.417 e. The molecule has 0 aliphatic carbocycles. The summed E-state index contributed by atoms with van der Waals surface area (Å²) in [6, 6.07) is 11.9. The number of benzene rings is 2. The maximum atomic E-state index is 12.5. The van der Waals surface area contributed by atoms with E-state index in [2.05, 4.69) is 14.6 Å². The van der Waals surface area contributed by atoms with Crippen LogP contribution in [0, 0.1) is 0 Å². The largest absolute Gasteiger partial charge is 0.534 e. The van der Waals surface area contributed by atoms with Crippen LogP contribution in [0.4, 0.5) is 18.9 Å². The lowest BCUT2D eigenvalue weighted by molar-refractivity contribution is -0.0500. The van der Waals surface area contributed by atoms with Crippen molar-refractivity contribution in [2.24, 2.45) is 0 Å². The highest BCUT2D eigenvalue weighted by Gasteiger charge is 2.48. The Bertz CT molecular complexity index is 1070. The molecule has 1 aliphatic heterocycles. The Hall–Kier alpha value is -2.76.